The van der Waals surface area contributed by atoms with Crippen molar-refractivity contribution in [1.82, 2.24) is 19.6 Å². The van der Waals surface area contributed by atoms with Crippen molar-refractivity contribution in [3.8, 4) is 17.1 Å². The van der Waals surface area contributed by atoms with E-state index in [0.717, 1.165) is 0 Å². The Kier molecular flexibility index (Phi) is 3.82. The third kappa shape index (κ3) is 2.86. The molecule has 0 radical (unpaired) electrons. The summed E-state index contributed by atoms with van der Waals surface area (Å²) in [5.74, 6) is -0.962. The highest BCUT2D eigenvalue weighted by Crippen LogP contribution is 2.23. The second-order valence-electron chi connectivity index (χ2n) is 4.91. The number of rotatable bonds is 4. The van der Waals surface area contributed by atoms with Gasteiger partial charge in [0, 0.05) is 18.7 Å². The summed E-state index contributed by atoms with van der Waals surface area (Å²) >= 11 is 0. The van der Waals surface area contributed by atoms with Crippen LogP contribution in [0.3, 0.4) is 0 Å². The van der Waals surface area contributed by atoms with Crippen molar-refractivity contribution in [3.05, 3.63) is 36.2 Å². The summed E-state index contributed by atoms with van der Waals surface area (Å²) < 4.78 is 6.43. The first kappa shape index (κ1) is 15.4. The number of fused-ring (bicyclic) bond motifs is 1. The number of carboxylic acids is 1. The van der Waals surface area contributed by atoms with Gasteiger partial charge in [0.2, 0.25) is 11.8 Å². The normalized spacial score (nSPS) is 10.6. The van der Waals surface area contributed by atoms with Crippen LogP contribution in [-0.4, -0.2) is 43.7 Å². The first-order chi connectivity index (χ1) is 11.5. The Labute approximate surface area is 135 Å². The number of anilines is 1. The van der Waals surface area contributed by atoms with Gasteiger partial charge in [0.25, 0.3) is 0 Å². The molecule has 9 heteroatoms. The van der Waals surface area contributed by atoms with Crippen LogP contribution in [0, 0.1) is 0 Å². The van der Waals surface area contributed by atoms with E-state index in [1.165, 1.54) is 30.8 Å². The van der Waals surface area contributed by atoms with E-state index in [0.29, 0.717) is 22.7 Å². The third-order valence-electron chi connectivity index (χ3n) is 3.19. The fourth-order valence-electron chi connectivity index (χ4n) is 2.18. The number of nitrogens with one attached hydrogen (secondary N) is 1. The maximum atomic E-state index is 11.3. The van der Waals surface area contributed by atoms with Crippen LogP contribution in [0.25, 0.3) is 16.9 Å². The maximum Gasteiger partial charge on any atom is 0.341 e. The van der Waals surface area contributed by atoms with E-state index in [2.05, 4.69) is 20.4 Å². The molecule has 122 valence electrons. The highest BCUT2D eigenvalue weighted by Gasteiger charge is 2.15. The predicted octanol–water partition coefficient (Wildman–Crippen LogP) is 1.46. The van der Waals surface area contributed by atoms with E-state index < -0.39 is 5.97 Å². The summed E-state index contributed by atoms with van der Waals surface area (Å²) in [4.78, 5) is 30.6. The number of carbonyl (C=O) groups is 2. The van der Waals surface area contributed by atoms with Crippen LogP contribution in [0.1, 0.15) is 17.3 Å². The Morgan fingerprint density at radius 2 is 2.12 bits per heavy atom. The van der Waals surface area contributed by atoms with Gasteiger partial charge in [-0.1, -0.05) is 0 Å². The van der Waals surface area contributed by atoms with Crippen LogP contribution in [0.2, 0.25) is 0 Å². The largest absolute Gasteiger partial charge is 0.480 e. The lowest BCUT2D eigenvalue weighted by Crippen LogP contribution is -2.05. The number of carbonyl (C=O) groups excluding carboxylic acids is 1. The van der Waals surface area contributed by atoms with Crippen molar-refractivity contribution in [1.29, 1.82) is 0 Å². The zero-order valence-corrected chi connectivity index (χ0v) is 12.8. The van der Waals surface area contributed by atoms with Gasteiger partial charge in [0.05, 0.1) is 19.0 Å². The summed E-state index contributed by atoms with van der Waals surface area (Å²) in [5, 5.41) is 16.2. The Balaban J connectivity index is 2.04. The Bertz CT molecular complexity index is 950. The highest BCUT2D eigenvalue weighted by molar-refractivity contribution is 5.91. The molecule has 0 aliphatic heterocycles. The minimum Gasteiger partial charge on any atom is -0.480 e. The molecule has 0 atom stereocenters. The molecule has 0 aliphatic rings. The second-order valence-corrected chi connectivity index (χ2v) is 4.91. The molecule has 0 aromatic carbocycles. The third-order valence-corrected chi connectivity index (χ3v) is 3.19. The molecule has 24 heavy (non-hydrogen) atoms. The van der Waals surface area contributed by atoms with Crippen LogP contribution in [0.15, 0.2) is 30.6 Å². The van der Waals surface area contributed by atoms with Crippen molar-refractivity contribution in [2.75, 3.05) is 12.4 Å². The highest BCUT2D eigenvalue weighted by atomic mass is 16.5. The summed E-state index contributed by atoms with van der Waals surface area (Å²) in [6, 6.07) is 4.83. The monoisotopic (exact) mass is 327 g/mol. The van der Waals surface area contributed by atoms with Gasteiger partial charge >= 0.3 is 5.97 Å². The van der Waals surface area contributed by atoms with Gasteiger partial charge in [0.15, 0.2) is 11.5 Å². The molecule has 0 spiro atoms. The van der Waals surface area contributed by atoms with Crippen LogP contribution < -0.4 is 10.1 Å². The first-order valence-corrected chi connectivity index (χ1v) is 6.89. The van der Waals surface area contributed by atoms with Gasteiger partial charge in [-0.2, -0.15) is 5.10 Å². The summed E-state index contributed by atoms with van der Waals surface area (Å²) in [6.07, 6.45) is 3.04. The number of ether oxygens (including phenoxy) is 1. The first-order valence-electron chi connectivity index (χ1n) is 6.89. The molecule has 0 saturated carbocycles. The molecule has 0 fully saturated rings. The van der Waals surface area contributed by atoms with Crippen LogP contribution in [-0.2, 0) is 4.79 Å². The molecule has 0 unspecified atom stereocenters. The van der Waals surface area contributed by atoms with E-state index in [-0.39, 0.29) is 17.4 Å². The van der Waals surface area contributed by atoms with E-state index in [1.54, 1.807) is 18.3 Å². The lowest BCUT2D eigenvalue weighted by molar-refractivity contribution is -0.114. The van der Waals surface area contributed by atoms with E-state index >= 15 is 0 Å². The lowest BCUT2D eigenvalue weighted by Gasteiger charge is -2.06. The molecule has 1 amide bonds. The molecule has 3 rings (SSSR count). The van der Waals surface area contributed by atoms with Crippen molar-refractivity contribution >= 4 is 23.3 Å². The topological polar surface area (TPSA) is 119 Å². The molecule has 9 nitrogen and oxygen atoms in total. The Hall–Kier alpha value is -3.49. The van der Waals surface area contributed by atoms with E-state index in [1.807, 2.05) is 0 Å². The minimum atomic E-state index is -1.14. The molecule has 0 aliphatic carbocycles. The Morgan fingerprint density at radius 3 is 2.79 bits per heavy atom. The van der Waals surface area contributed by atoms with Gasteiger partial charge in [-0.15, -0.1) is 0 Å². The zero-order chi connectivity index (χ0) is 17.3. The summed E-state index contributed by atoms with van der Waals surface area (Å²) in [7, 11) is 1.35. The van der Waals surface area contributed by atoms with Gasteiger partial charge in [-0.25, -0.2) is 19.3 Å². The molecule has 3 aromatic rings. The molecule has 0 bridgehead atoms. The average Bonchev–Trinajstić information content (AvgIpc) is 2.94. The second kappa shape index (κ2) is 5.95. The number of imidazole rings is 1. The predicted molar refractivity (Wildman–Crippen MR) is 84.0 cm³/mol. The number of carboxylic acid groups (broad SMARTS) is 1. The molecular formula is C15H13N5O4. The van der Waals surface area contributed by atoms with Crippen molar-refractivity contribution in [2.24, 2.45) is 0 Å². The van der Waals surface area contributed by atoms with Crippen molar-refractivity contribution in [2.45, 2.75) is 6.92 Å². The van der Waals surface area contributed by atoms with Gasteiger partial charge in [0.1, 0.15) is 5.56 Å². The van der Waals surface area contributed by atoms with Crippen LogP contribution >= 0.6 is 0 Å². The minimum absolute atomic E-state index is 0.0305. The van der Waals surface area contributed by atoms with Gasteiger partial charge in [-0.05, 0) is 18.2 Å². The van der Waals surface area contributed by atoms with Crippen molar-refractivity contribution in [3.63, 3.8) is 0 Å². The van der Waals surface area contributed by atoms with E-state index in [9.17, 15) is 14.7 Å². The molecule has 3 aromatic heterocycles. The van der Waals surface area contributed by atoms with Crippen LogP contribution in [0.4, 0.5) is 5.82 Å². The number of aromatic carboxylic acids is 1. The van der Waals surface area contributed by atoms with Gasteiger partial charge < -0.3 is 15.2 Å². The number of hydrogen-bond donors (Lipinski definition) is 2. The number of pyridine rings is 1. The number of hydrogen-bond acceptors (Lipinski definition) is 6. The molecule has 2 N–H and O–H groups in total. The van der Waals surface area contributed by atoms with Gasteiger partial charge in [-0.3, -0.25) is 4.79 Å². The molecule has 3 heterocycles. The van der Waals surface area contributed by atoms with Crippen molar-refractivity contribution < 1.29 is 19.4 Å². The quantitative estimate of drug-likeness (QED) is 0.744. The number of aromatic nitrogens is 4. The summed E-state index contributed by atoms with van der Waals surface area (Å²) in [5.41, 5.74) is 1.51. The fraction of sp³-hybridized carbons (Fsp3) is 0.133. The average molecular weight is 327 g/mol. The smallest absolute Gasteiger partial charge is 0.341 e. The van der Waals surface area contributed by atoms with E-state index in [4.69, 9.17) is 4.74 Å². The zero-order valence-electron chi connectivity index (χ0n) is 12.8. The number of nitrogens with zero attached hydrogens (tertiary/aromatic N) is 4. The fourth-order valence-corrected chi connectivity index (χ4v) is 2.18. The number of amides is 1. The standard InChI is InChI=1S/C15H13N5O4/c1-8(21)17-12-7-20-13(18-12)4-3-11(19-20)9-5-10(15(22)23)14(24-2)16-6-9/h3-7H,1-2H3,(H,17,21)(H,22,23). The SMILES string of the molecule is COc1ncc(-c2ccc3nc(NC(C)=O)cn3n2)cc1C(=O)O. The molecular weight excluding hydrogens is 314 g/mol. The maximum absolute atomic E-state index is 11.3. The lowest BCUT2D eigenvalue weighted by atomic mass is 10.1. The summed E-state index contributed by atoms with van der Waals surface area (Å²) in [6.45, 7) is 1.39. The molecule has 0 saturated heterocycles. The number of methoxy groups -OCH3 is 1. The van der Waals surface area contributed by atoms with Crippen LogP contribution in [0.5, 0.6) is 5.88 Å². The Morgan fingerprint density at radius 1 is 1.33 bits per heavy atom.